The first kappa shape index (κ1) is 15.3. The SMILES string of the molecule is O=C(NCCCN1CCN(c2ccccc2)CC1)C1CNC1. The van der Waals surface area contributed by atoms with Gasteiger partial charge in [-0.3, -0.25) is 9.69 Å². The molecule has 0 unspecified atom stereocenters. The number of hydrogen-bond acceptors (Lipinski definition) is 4. The molecule has 0 spiro atoms. The Hall–Kier alpha value is -1.59. The van der Waals surface area contributed by atoms with Gasteiger partial charge in [0.15, 0.2) is 0 Å². The van der Waals surface area contributed by atoms with Crippen LogP contribution in [0, 0.1) is 5.92 Å². The lowest BCUT2D eigenvalue weighted by Gasteiger charge is -2.36. The molecule has 2 aliphatic rings. The fourth-order valence-corrected chi connectivity index (χ4v) is 3.00. The molecule has 2 aliphatic heterocycles. The lowest BCUT2D eigenvalue weighted by molar-refractivity contribution is -0.126. The van der Waals surface area contributed by atoms with Crippen molar-refractivity contribution in [1.82, 2.24) is 15.5 Å². The lowest BCUT2D eigenvalue weighted by atomic mass is 10.0. The van der Waals surface area contributed by atoms with Gasteiger partial charge in [-0.1, -0.05) is 18.2 Å². The summed E-state index contributed by atoms with van der Waals surface area (Å²) >= 11 is 0. The van der Waals surface area contributed by atoms with Crippen molar-refractivity contribution in [3.8, 4) is 0 Å². The number of piperazine rings is 1. The topological polar surface area (TPSA) is 47.6 Å². The van der Waals surface area contributed by atoms with Gasteiger partial charge in [0.1, 0.15) is 0 Å². The summed E-state index contributed by atoms with van der Waals surface area (Å²) in [6, 6.07) is 10.6. The monoisotopic (exact) mass is 302 g/mol. The summed E-state index contributed by atoms with van der Waals surface area (Å²) in [6.45, 7) is 7.94. The van der Waals surface area contributed by atoms with Crippen LogP contribution in [-0.2, 0) is 4.79 Å². The normalized spacial score (nSPS) is 19.7. The first-order valence-corrected chi connectivity index (χ1v) is 8.34. The zero-order valence-electron chi connectivity index (χ0n) is 13.1. The molecule has 0 radical (unpaired) electrons. The van der Waals surface area contributed by atoms with Crippen LogP contribution in [0.4, 0.5) is 5.69 Å². The summed E-state index contributed by atoms with van der Waals surface area (Å²) in [5.41, 5.74) is 1.32. The number of carbonyl (C=O) groups is 1. The molecule has 1 amide bonds. The van der Waals surface area contributed by atoms with E-state index >= 15 is 0 Å². The molecule has 2 fully saturated rings. The summed E-state index contributed by atoms with van der Waals surface area (Å²) in [5.74, 6) is 0.419. The summed E-state index contributed by atoms with van der Waals surface area (Å²) in [7, 11) is 0. The molecule has 0 bridgehead atoms. The van der Waals surface area contributed by atoms with E-state index in [4.69, 9.17) is 0 Å². The van der Waals surface area contributed by atoms with E-state index in [1.807, 2.05) is 0 Å². The highest BCUT2D eigenvalue weighted by Crippen LogP contribution is 2.15. The van der Waals surface area contributed by atoms with Crippen molar-refractivity contribution in [2.24, 2.45) is 5.92 Å². The van der Waals surface area contributed by atoms with Gasteiger partial charge in [0.05, 0.1) is 5.92 Å². The molecule has 1 aromatic carbocycles. The quantitative estimate of drug-likeness (QED) is 0.753. The third-order valence-corrected chi connectivity index (χ3v) is 4.60. The molecule has 3 rings (SSSR count). The molecule has 0 aliphatic carbocycles. The Morgan fingerprint density at radius 1 is 1.14 bits per heavy atom. The highest BCUT2D eigenvalue weighted by Gasteiger charge is 2.24. The molecule has 5 heteroatoms. The maximum atomic E-state index is 11.7. The van der Waals surface area contributed by atoms with Crippen LogP contribution in [0.1, 0.15) is 6.42 Å². The molecular formula is C17H26N4O. The minimum Gasteiger partial charge on any atom is -0.369 e. The Kier molecular flexibility index (Phi) is 5.29. The van der Waals surface area contributed by atoms with Gasteiger partial charge in [0.25, 0.3) is 0 Å². The van der Waals surface area contributed by atoms with E-state index < -0.39 is 0 Å². The van der Waals surface area contributed by atoms with Crippen LogP contribution in [0.5, 0.6) is 0 Å². The van der Waals surface area contributed by atoms with Crippen LogP contribution < -0.4 is 15.5 Å². The zero-order chi connectivity index (χ0) is 15.2. The largest absolute Gasteiger partial charge is 0.369 e. The molecule has 0 atom stereocenters. The van der Waals surface area contributed by atoms with Gasteiger partial charge < -0.3 is 15.5 Å². The molecule has 0 aromatic heterocycles. The van der Waals surface area contributed by atoms with Gasteiger partial charge in [-0.2, -0.15) is 0 Å². The number of carbonyl (C=O) groups excluding carboxylic acids is 1. The Morgan fingerprint density at radius 2 is 1.86 bits per heavy atom. The van der Waals surface area contributed by atoms with Crippen molar-refractivity contribution < 1.29 is 4.79 Å². The predicted molar refractivity (Wildman–Crippen MR) is 89.1 cm³/mol. The smallest absolute Gasteiger partial charge is 0.225 e. The number of rotatable bonds is 6. The fourth-order valence-electron chi connectivity index (χ4n) is 3.00. The average molecular weight is 302 g/mol. The third-order valence-electron chi connectivity index (χ3n) is 4.60. The van der Waals surface area contributed by atoms with E-state index in [9.17, 15) is 4.79 Å². The van der Waals surface area contributed by atoms with Crippen molar-refractivity contribution >= 4 is 11.6 Å². The van der Waals surface area contributed by atoms with Gasteiger partial charge in [-0.15, -0.1) is 0 Å². The first-order chi connectivity index (χ1) is 10.8. The minimum absolute atomic E-state index is 0.203. The van der Waals surface area contributed by atoms with Crippen LogP contribution in [-0.4, -0.2) is 63.2 Å². The predicted octanol–water partition coefficient (Wildman–Crippen LogP) is 0.534. The number of amides is 1. The molecule has 2 heterocycles. The molecule has 2 N–H and O–H groups in total. The Morgan fingerprint density at radius 3 is 2.50 bits per heavy atom. The van der Waals surface area contributed by atoms with Gasteiger partial charge in [0.2, 0.25) is 5.91 Å². The van der Waals surface area contributed by atoms with Gasteiger partial charge in [-0.05, 0) is 25.1 Å². The molecular weight excluding hydrogens is 276 g/mol. The van der Waals surface area contributed by atoms with Crippen LogP contribution in [0.2, 0.25) is 0 Å². The van der Waals surface area contributed by atoms with E-state index in [1.54, 1.807) is 0 Å². The highest BCUT2D eigenvalue weighted by molar-refractivity contribution is 5.79. The zero-order valence-corrected chi connectivity index (χ0v) is 13.1. The van der Waals surface area contributed by atoms with Crippen molar-refractivity contribution in [1.29, 1.82) is 0 Å². The molecule has 0 saturated carbocycles. The van der Waals surface area contributed by atoms with Crippen LogP contribution >= 0.6 is 0 Å². The van der Waals surface area contributed by atoms with Crippen LogP contribution in [0.25, 0.3) is 0 Å². The molecule has 2 saturated heterocycles. The Balaban J connectivity index is 1.30. The van der Waals surface area contributed by atoms with E-state index in [2.05, 4.69) is 50.8 Å². The Labute approximate surface area is 132 Å². The highest BCUT2D eigenvalue weighted by atomic mass is 16.2. The van der Waals surface area contributed by atoms with E-state index in [1.165, 1.54) is 5.69 Å². The number of nitrogens with zero attached hydrogens (tertiary/aromatic N) is 2. The summed E-state index contributed by atoms with van der Waals surface area (Å²) < 4.78 is 0. The maximum Gasteiger partial charge on any atom is 0.225 e. The van der Waals surface area contributed by atoms with Crippen molar-refractivity contribution in [2.45, 2.75) is 6.42 Å². The second-order valence-electron chi connectivity index (χ2n) is 6.16. The van der Waals surface area contributed by atoms with Crippen molar-refractivity contribution in [3.63, 3.8) is 0 Å². The summed E-state index contributed by atoms with van der Waals surface area (Å²) in [4.78, 5) is 16.6. The van der Waals surface area contributed by atoms with E-state index in [0.717, 1.165) is 58.8 Å². The molecule has 120 valence electrons. The first-order valence-electron chi connectivity index (χ1n) is 8.34. The molecule has 22 heavy (non-hydrogen) atoms. The van der Waals surface area contributed by atoms with Crippen LogP contribution in [0.15, 0.2) is 30.3 Å². The second-order valence-corrected chi connectivity index (χ2v) is 6.16. The number of anilines is 1. The third kappa shape index (κ3) is 3.99. The lowest BCUT2D eigenvalue weighted by Crippen LogP contribution is -2.51. The molecule has 1 aromatic rings. The van der Waals surface area contributed by atoms with Gasteiger partial charge in [0, 0.05) is 51.5 Å². The van der Waals surface area contributed by atoms with E-state index in [0.29, 0.717) is 0 Å². The number of hydrogen-bond donors (Lipinski definition) is 2. The van der Waals surface area contributed by atoms with Crippen molar-refractivity contribution in [3.05, 3.63) is 30.3 Å². The average Bonchev–Trinajstić information content (AvgIpc) is 2.51. The standard InChI is InChI=1S/C17H26N4O/c22-17(15-13-18-14-15)19-7-4-8-20-9-11-21(12-10-20)16-5-2-1-3-6-16/h1-3,5-6,15,18H,4,7-14H2,(H,19,22). The van der Waals surface area contributed by atoms with Gasteiger partial charge >= 0.3 is 0 Å². The Bertz CT molecular complexity index is 467. The summed E-state index contributed by atoms with van der Waals surface area (Å²) in [5, 5.41) is 6.17. The number of benzene rings is 1. The van der Waals surface area contributed by atoms with Crippen molar-refractivity contribution in [2.75, 3.05) is 57.3 Å². The molecule has 5 nitrogen and oxygen atoms in total. The fraction of sp³-hybridized carbons (Fsp3) is 0.588. The maximum absolute atomic E-state index is 11.7. The second kappa shape index (κ2) is 7.61. The number of para-hydroxylation sites is 1. The summed E-state index contributed by atoms with van der Waals surface area (Å²) in [6.07, 6.45) is 1.04. The van der Waals surface area contributed by atoms with Crippen LogP contribution in [0.3, 0.4) is 0 Å². The minimum atomic E-state index is 0.203. The van der Waals surface area contributed by atoms with E-state index in [-0.39, 0.29) is 11.8 Å². The number of nitrogens with one attached hydrogen (secondary N) is 2. The van der Waals surface area contributed by atoms with Gasteiger partial charge in [-0.25, -0.2) is 0 Å².